The van der Waals surface area contributed by atoms with Gasteiger partial charge in [0.15, 0.2) is 0 Å². The Morgan fingerprint density at radius 3 is 3.10 bits per heavy atom. The van der Waals surface area contributed by atoms with E-state index in [-0.39, 0.29) is 12.5 Å². The van der Waals surface area contributed by atoms with Gasteiger partial charge in [-0.3, -0.25) is 4.79 Å². The lowest BCUT2D eigenvalue weighted by molar-refractivity contribution is -0.119. The summed E-state index contributed by atoms with van der Waals surface area (Å²) in [5.41, 5.74) is 0.551. The Bertz CT molecular complexity index is 647. The number of amides is 1. The highest BCUT2D eigenvalue weighted by Crippen LogP contribution is 2.36. The van der Waals surface area contributed by atoms with Crippen molar-refractivity contribution in [1.29, 1.82) is 0 Å². The van der Waals surface area contributed by atoms with Gasteiger partial charge in [0.05, 0.1) is 16.7 Å². The molecule has 0 bridgehead atoms. The molecule has 1 aromatic heterocycles. The van der Waals surface area contributed by atoms with Crippen LogP contribution in [-0.2, 0) is 11.3 Å². The number of hydrogen-bond donors (Lipinski definition) is 0. The minimum absolute atomic E-state index is 0.0778. The summed E-state index contributed by atoms with van der Waals surface area (Å²) in [6.45, 7) is 0.824. The normalized spacial score (nSPS) is 13.8. The largest absolute Gasteiger partial charge is 0.489 e. The molecule has 20 heavy (non-hydrogen) atoms. The zero-order chi connectivity index (χ0) is 14.1. The van der Waals surface area contributed by atoms with Crippen molar-refractivity contribution in [3.05, 3.63) is 35.1 Å². The number of aromatic nitrogens is 3. The molecular formula is C12H10BrFN4O2. The van der Waals surface area contributed by atoms with Crippen LogP contribution in [0.4, 0.5) is 10.1 Å². The van der Waals surface area contributed by atoms with Crippen LogP contribution in [0.15, 0.2) is 29.3 Å². The molecule has 0 saturated carbocycles. The summed E-state index contributed by atoms with van der Waals surface area (Å²) in [7, 11) is 0. The average Bonchev–Trinajstić information content (AvgIpc) is 2.92. The van der Waals surface area contributed by atoms with Crippen LogP contribution >= 0.6 is 15.9 Å². The van der Waals surface area contributed by atoms with Gasteiger partial charge in [0, 0.05) is 6.07 Å². The van der Waals surface area contributed by atoms with E-state index in [1.165, 1.54) is 23.4 Å². The minimum Gasteiger partial charge on any atom is -0.489 e. The molecule has 0 saturated heterocycles. The van der Waals surface area contributed by atoms with Gasteiger partial charge in [0.2, 0.25) is 5.91 Å². The molecule has 2 heterocycles. The van der Waals surface area contributed by atoms with Gasteiger partial charge in [0.1, 0.15) is 37.4 Å². The highest BCUT2D eigenvalue weighted by atomic mass is 79.9. The van der Waals surface area contributed by atoms with Gasteiger partial charge in [-0.1, -0.05) is 0 Å². The number of rotatable bonds is 2. The molecule has 0 radical (unpaired) electrons. The van der Waals surface area contributed by atoms with Crippen LogP contribution in [0, 0.1) is 5.82 Å². The standard InChI is InChI=1S/C12H10BrFN4O2/c13-8-3-10-11(4-9(8)14)20-2-1-18(10)12(19)5-17-7-15-6-16-17/h3-4,6-7H,1-2,5H2. The maximum atomic E-state index is 13.5. The van der Waals surface area contributed by atoms with Crippen molar-refractivity contribution in [2.24, 2.45) is 0 Å². The van der Waals surface area contributed by atoms with E-state index in [1.807, 2.05) is 0 Å². The quantitative estimate of drug-likeness (QED) is 0.833. The first-order valence-corrected chi connectivity index (χ1v) is 6.69. The Labute approximate surface area is 122 Å². The third-order valence-electron chi connectivity index (χ3n) is 2.93. The van der Waals surface area contributed by atoms with Crippen molar-refractivity contribution in [3.63, 3.8) is 0 Å². The Balaban J connectivity index is 1.89. The van der Waals surface area contributed by atoms with Crippen LogP contribution in [0.3, 0.4) is 0 Å². The van der Waals surface area contributed by atoms with Crippen molar-refractivity contribution >= 4 is 27.5 Å². The second kappa shape index (κ2) is 5.20. The number of benzene rings is 1. The van der Waals surface area contributed by atoms with Gasteiger partial charge in [-0.2, -0.15) is 5.10 Å². The average molecular weight is 341 g/mol. The maximum absolute atomic E-state index is 13.5. The summed E-state index contributed by atoms with van der Waals surface area (Å²) in [5.74, 6) is -0.211. The van der Waals surface area contributed by atoms with E-state index < -0.39 is 5.82 Å². The van der Waals surface area contributed by atoms with E-state index in [0.29, 0.717) is 29.1 Å². The van der Waals surface area contributed by atoms with E-state index in [0.717, 1.165) is 0 Å². The number of anilines is 1. The molecule has 0 unspecified atom stereocenters. The molecule has 0 atom stereocenters. The van der Waals surface area contributed by atoms with Crippen molar-refractivity contribution in [3.8, 4) is 5.75 Å². The molecule has 6 nitrogen and oxygen atoms in total. The van der Waals surface area contributed by atoms with Gasteiger partial charge in [-0.15, -0.1) is 0 Å². The fourth-order valence-electron chi connectivity index (χ4n) is 2.01. The molecule has 3 rings (SSSR count). The van der Waals surface area contributed by atoms with Gasteiger partial charge in [-0.05, 0) is 22.0 Å². The first-order chi connectivity index (χ1) is 9.65. The first-order valence-electron chi connectivity index (χ1n) is 5.90. The Morgan fingerprint density at radius 1 is 1.50 bits per heavy atom. The zero-order valence-electron chi connectivity index (χ0n) is 10.3. The number of nitrogens with zero attached hydrogens (tertiary/aromatic N) is 4. The van der Waals surface area contributed by atoms with Crippen molar-refractivity contribution < 1.29 is 13.9 Å². The number of halogens is 2. The number of fused-ring (bicyclic) bond motifs is 1. The molecule has 0 N–H and O–H groups in total. The van der Waals surface area contributed by atoms with Crippen LogP contribution < -0.4 is 9.64 Å². The van der Waals surface area contributed by atoms with E-state index in [4.69, 9.17) is 4.74 Å². The summed E-state index contributed by atoms with van der Waals surface area (Å²) >= 11 is 3.12. The van der Waals surface area contributed by atoms with Crippen LogP contribution in [-0.4, -0.2) is 33.8 Å². The molecule has 1 aliphatic rings. The molecule has 1 aliphatic heterocycles. The predicted molar refractivity (Wildman–Crippen MR) is 72.0 cm³/mol. The molecule has 0 fully saturated rings. The Morgan fingerprint density at radius 2 is 2.35 bits per heavy atom. The Hall–Kier alpha value is -1.96. The summed E-state index contributed by atoms with van der Waals surface area (Å²) in [4.78, 5) is 17.6. The molecule has 104 valence electrons. The predicted octanol–water partition coefficient (Wildman–Crippen LogP) is 1.61. The SMILES string of the molecule is O=C(Cn1cncn1)N1CCOc2cc(F)c(Br)cc21. The van der Waals surface area contributed by atoms with Crippen molar-refractivity contribution in [2.75, 3.05) is 18.1 Å². The second-order valence-electron chi connectivity index (χ2n) is 4.22. The van der Waals surface area contributed by atoms with Crippen molar-refractivity contribution in [1.82, 2.24) is 14.8 Å². The van der Waals surface area contributed by atoms with Crippen LogP contribution in [0.1, 0.15) is 0 Å². The maximum Gasteiger partial charge on any atom is 0.249 e. The van der Waals surface area contributed by atoms with Gasteiger partial charge in [0.25, 0.3) is 0 Å². The molecule has 8 heteroatoms. The third kappa shape index (κ3) is 2.38. The topological polar surface area (TPSA) is 60.2 Å². The lowest BCUT2D eigenvalue weighted by Gasteiger charge is -2.29. The monoisotopic (exact) mass is 340 g/mol. The second-order valence-corrected chi connectivity index (χ2v) is 5.08. The first kappa shape index (κ1) is 13.0. The Kier molecular flexibility index (Phi) is 3.39. The van der Waals surface area contributed by atoms with E-state index in [1.54, 1.807) is 11.0 Å². The number of carbonyl (C=O) groups excluding carboxylic acids is 1. The van der Waals surface area contributed by atoms with E-state index >= 15 is 0 Å². The summed E-state index contributed by atoms with van der Waals surface area (Å²) in [6, 6.07) is 2.82. The lowest BCUT2D eigenvalue weighted by atomic mass is 10.2. The molecule has 2 aromatic rings. The van der Waals surface area contributed by atoms with Gasteiger partial charge in [-0.25, -0.2) is 14.1 Å². The summed E-state index contributed by atoms with van der Waals surface area (Å²) in [6.07, 6.45) is 2.84. The molecular weight excluding hydrogens is 331 g/mol. The third-order valence-corrected chi connectivity index (χ3v) is 3.54. The summed E-state index contributed by atoms with van der Waals surface area (Å²) in [5, 5.41) is 3.90. The number of ether oxygens (including phenoxy) is 1. The molecule has 1 amide bonds. The van der Waals surface area contributed by atoms with Crippen LogP contribution in [0.25, 0.3) is 0 Å². The summed E-state index contributed by atoms with van der Waals surface area (Å²) < 4.78 is 20.6. The van der Waals surface area contributed by atoms with Crippen LogP contribution in [0.2, 0.25) is 0 Å². The van der Waals surface area contributed by atoms with Gasteiger partial charge < -0.3 is 9.64 Å². The zero-order valence-corrected chi connectivity index (χ0v) is 11.9. The fourth-order valence-corrected chi connectivity index (χ4v) is 2.34. The number of hydrogen-bond acceptors (Lipinski definition) is 4. The highest BCUT2D eigenvalue weighted by Gasteiger charge is 2.25. The molecule has 0 aliphatic carbocycles. The number of carbonyl (C=O) groups is 1. The van der Waals surface area contributed by atoms with Gasteiger partial charge >= 0.3 is 0 Å². The smallest absolute Gasteiger partial charge is 0.249 e. The van der Waals surface area contributed by atoms with E-state index in [2.05, 4.69) is 26.0 Å². The lowest BCUT2D eigenvalue weighted by Crippen LogP contribution is -2.40. The molecule has 1 aromatic carbocycles. The van der Waals surface area contributed by atoms with Crippen LogP contribution in [0.5, 0.6) is 5.75 Å². The molecule has 0 spiro atoms. The van der Waals surface area contributed by atoms with Crippen molar-refractivity contribution in [2.45, 2.75) is 6.54 Å². The highest BCUT2D eigenvalue weighted by molar-refractivity contribution is 9.10. The minimum atomic E-state index is -0.422. The fraction of sp³-hybridized carbons (Fsp3) is 0.250. The van der Waals surface area contributed by atoms with E-state index in [9.17, 15) is 9.18 Å².